The monoisotopic (exact) mass is 557 g/mol. The molecule has 0 aliphatic rings. The van der Waals surface area contributed by atoms with Gasteiger partial charge in [-0.1, -0.05) is 48.5 Å². The highest BCUT2D eigenvalue weighted by Crippen LogP contribution is 2.34. The van der Waals surface area contributed by atoms with Crippen LogP contribution >= 0.6 is 0 Å². The first-order valence-corrected chi connectivity index (χ1v) is 13.9. The van der Waals surface area contributed by atoms with E-state index in [9.17, 15) is 22.4 Å². The smallest absolute Gasteiger partial charge is 0.244 e. The highest BCUT2D eigenvalue weighted by Gasteiger charge is 2.34. The number of likely N-dealkylation sites (N-methyl/N-ethyl adjacent to an activating group) is 1. The first-order valence-electron chi connectivity index (χ1n) is 12.1. The minimum absolute atomic E-state index is 0.0816. The third-order valence-corrected chi connectivity index (χ3v) is 7.28. The van der Waals surface area contributed by atoms with Crippen molar-refractivity contribution in [3.63, 3.8) is 0 Å². The van der Waals surface area contributed by atoms with Gasteiger partial charge < -0.3 is 19.7 Å². The summed E-state index contributed by atoms with van der Waals surface area (Å²) in [4.78, 5) is 28.3. The molecule has 0 saturated carbocycles. The molecule has 0 saturated heterocycles. The van der Waals surface area contributed by atoms with Gasteiger partial charge in [-0.05, 0) is 23.8 Å². The number of sulfonamides is 1. The lowest BCUT2D eigenvalue weighted by Gasteiger charge is -2.33. The van der Waals surface area contributed by atoms with Crippen molar-refractivity contribution in [3.05, 3.63) is 89.7 Å². The number of carbonyl (C=O) groups excluding carboxylic acids is 2. The zero-order valence-corrected chi connectivity index (χ0v) is 23.1. The van der Waals surface area contributed by atoms with Crippen LogP contribution in [0.2, 0.25) is 0 Å². The van der Waals surface area contributed by atoms with Gasteiger partial charge in [0.25, 0.3) is 0 Å². The molecule has 0 aliphatic heterocycles. The van der Waals surface area contributed by atoms with Gasteiger partial charge in [0.2, 0.25) is 21.8 Å². The SMILES string of the molecule is CNC(=O)[C@H](Cc1ccccc1)N(Cc1ccccc1F)C(=O)CN(c1cc(OC)ccc1OC)S(C)(=O)=O. The molecule has 0 bridgehead atoms. The summed E-state index contributed by atoms with van der Waals surface area (Å²) < 4.78 is 52.1. The van der Waals surface area contributed by atoms with E-state index >= 15 is 0 Å². The first kappa shape index (κ1) is 29.4. The van der Waals surface area contributed by atoms with Crippen LogP contribution in [-0.2, 0) is 32.6 Å². The Morgan fingerprint density at radius 1 is 0.974 bits per heavy atom. The Labute approximate surface area is 228 Å². The zero-order chi connectivity index (χ0) is 28.6. The number of benzene rings is 3. The second-order valence-corrected chi connectivity index (χ2v) is 10.6. The maximum Gasteiger partial charge on any atom is 0.244 e. The van der Waals surface area contributed by atoms with E-state index in [-0.39, 0.29) is 30.0 Å². The molecule has 2 amide bonds. The Balaban J connectivity index is 2.09. The molecule has 9 nitrogen and oxygen atoms in total. The molecule has 39 heavy (non-hydrogen) atoms. The molecule has 1 atom stereocenters. The molecule has 1 N–H and O–H groups in total. The highest BCUT2D eigenvalue weighted by molar-refractivity contribution is 7.92. The van der Waals surface area contributed by atoms with Gasteiger partial charge >= 0.3 is 0 Å². The first-order chi connectivity index (χ1) is 18.6. The van der Waals surface area contributed by atoms with Gasteiger partial charge in [-0.25, -0.2) is 12.8 Å². The van der Waals surface area contributed by atoms with Gasteiger partial charge in [0.15, 0.2) is 0 Å². The maximum atomic E-state index is 14.7. The Kier molecular flexibility index (Phi) is 9.89. The van der Waals surface area contributed by atoms with Gasteiger partial charge in [0, 0.05) is 31.6 Å². The number of methoxy groups -OCH3 is 2. The number of halogens is 1. The van der Waals surface area contributed by atoms with E-state index in [0.29, 0.717) is 5.75 Å². The Morgan fingerprint density at radius 2 is 1.64 bits per heavy atom. The number of hydrogen-bond donors (Lipinski definition) is 1. The van der Waals surface area contributed by atoms with E-state index < -0.39 is 40.2 Å². The third kappa shape index (κ3) is 7.47. The molecule has 3 rings (SSSR count). The Hall–Kier alpha value is -4.12. The average Bonchev–Trinajstić information content (AvgIpc) is 2.93. The normalized spacial score (nSPS) is 11.8. The molecule has 3 aromatic rings. The Bertz CT molecular complexity index is 1400. The number of carbonyl (C=O) groups is 2. The highest BCUT2D eigenvalue weighted by atomic mass is 32.2. The number of amides is 2. The standard InChI is InChI=1S/C28H32FN3O6S/c1-30-28(34)25(16-20-10-6-5-7-11-20)31(18-21-12-8-9-13-23(21)29)27(33)19-32(39(4,35)36)24-17-22(37-2)14-15-26(24)38-3/h5-15,17,25H,16,18-19H2,1-4H3,(H,30,34)/t25-/m0/s1. The fourth-order valence-electron chi connectivity index (χ4n) is 4.12. The summed E-state index contributed by atoms with van der Waals surface area (Å²) in [7, 11) is 0.221. The van der Waals surface area contributed by atoms with Crippen molar-refractivity contribution >= 4 is 27.5 Å². The van der Waals surface area contributed by atoms with Crippen LogP contribution in [0, 0.1) is 5.82 Å². The molecule has 3 aromatic carbocycles. The molecule has 0 fully saturated rings. The van der Waals surface area contributed by atoms with Crippen LogP contribution in [0.3, 0.4) is 0 Å². The maximum absolute atomic E-state index is 14.7. The molecule has 0 spiro atoms. The quantitative estimate of drug-likeness (QED) is 0.367. The van der Waals surface area contributed by atoms with Gasteiger partial charge in [-0.3, -0.25) is 13.9 Å². The molecular weight excluding hydrogens is 525 g/mol. The van der Waals surface area contributed by atoms with Crippen LogP contribution < -0.4 is 19.1 Å². The molecular formula is C28H32FN3O6S. The zero-order valence-electron chi connectivity index (χ0n) is 22.3. The van der Waals surface area contributed by atoms with E-state index in [2.05, 4.69) is 5.32 Å². The molecule has 0 heterocycles. The van der Waals surface area contributed by atoms with Crippen molar-refractivity contribution in [2.24, 2.45) is 0 Å². The fraction of sp³-hybridized carbons (Fsp3) is 0.286. The second kappa shape index (κ2) is 13.1. The molecule has 11 heteroatoms. The van der Waals surface area contributed by atoms with Crippen LogP contribution in [0.1, 0.15) is 11.1 Å². The van der Waals surface area contributed by atoms with Gasteiger partial charge in [0.1, 0.15) is 29.9 Å². The summed E-state index contributed by atoms with van der Waals surface area (Å²) in [6.07, 6.45) is 1.09. The summed E-state index contributed by atoms with van der Waals surface area (Å²) in [5.74, 6) is -1.20. The summed E-state index contributed by atoms with van der Waals surface area (Å²) in [6, 6.07) is 18.5. The van der Waals surface area contributed by atoms with Crippen LogP contribution in [0.25, 0.3) is 0 Å². The molecule has 0 aromatic heterocycles. The lowest BCUT2D eigenvalue weighted by Crippen LogP contribution is -2.53. The van der Waals surface area contributed by atoms with Crippen molar-refractivity contribution in [3.8, 4) is 11.5 Å². The van der Waals surface area contributed by atoms with Crippen molar-refractivity contribution < 1.29 is 31.9 Å². The van der Waals surface area contributed by atoms with E-state index in [0.717, 1.165) is 16.1 Å². The number of nitrogens with one attached hydrogen (secondary N) is 1. The van der Waals surface area contributed by atoms with Crippen molar-refractivity contribution in [2.75, 3.05) is 38.4 Å². The van der Waals surface area contributed by atoms with Gasteiger partial charge in [-0.15, -0.1) is 0 Å². The fourth-order valence-corrected chi connectivity index (χ4v) is 4.96. The second-order valence-electron chi connectivity index (χ2n) is 8.74. The van der Waals surface area contributed by atoms with E-state index in [1.54, 1.807) is 24.3 Å². The number of ether oxygens (including phenoxy) is 2. The molecule has 208 valence electrons. The third-order valence-electron chi connectivity index (χ3n) is 6.15. The lowest BCUT2D eigenvalue weighted by molar-refractivity contribution is -0.139. The van der Waals surface area contributed by atoms with Gasteiger partial charge in [0.05, 0.1) is 26.2 Å². The topological polar surface area (TPSA) is 105 Å². The van der Waals surface area contributed by atoms with Gasteiger partial charge in [-0.2, -0.15) is 0 Å². The minimum atomic E-state index is -4.02. The predicted molar refractivity (Wildman–Crippen MR) is 147 cm³/mol. The Morgan fingerprint density at radius 3 is 2.23 bits per heavy atom. The largest absolute Gasteiger partial charge is 0.497 e. The van der Waals surface area contributed by atoms with Crippen molar-refractivity contribution in [1.82, 2.24) is 10.2 Å². The summed E-state index contributed by atoms with van der Waals surface area (Å²) in [5.41, 5.74) is 1.03. The number of hydrogen-bond acceptors (Lipinski definition) is 6. The van der Waals surface area contributed by atoms with E-state index in [1.165, 1.54) is 56.5 Å². The van der Waals surface area contributed by atoms with Crippen LogP contribution in [0.4, 0.5) is 10.1 Å². The van der Waals surface area contributed by atoms with E-state index in [4.69, 9.17) is 9.47 Å². The number of nitrogens with zero attached hydrogens (tertiary/aromatic N) is 2. The summed E-state index contributed by atoms with van der Waals surface area (Å²) >= 11 is 0. The predicted octanol–water partition coefficient (Wildman–Crippen LogP) is 3.00. The molecule has 0 aliphatic carbocycles. The van der Waals surface area contributed by atoms with Crippen LogP contribution in [-0.4, -0.2) is 65.2 Å². The van der Waals surface area contributed by atoms with Crippen molar-refractivity contribution in [2.45, 2.75) is 19.0 Å². The number of rotatable bonds is 12. The number of anilines is 1. The van der Waals surface area contributed by atoms with Crippen molar-refractivity contribution in [1.29, 1.82) is 0 Å². The molecule has 0 radical (unpaired) electrons. The summed E-state index contributed by atoms with van der Waals surface area (Å²) in [6.45, 7) is -0.928. The van der Waals surface area contributed by atoms with Crippen LogP contribution in [0.5, 0.6) is 11.5 Å². The van der Waals surface area contributed by atoms with E-state index in [1.807, 2.05) is 18.2 Å². The molecule has 0 unspecified atom stereocenters. The minimum Gasteiger partial charge on any atom is -0.497 e. The average molecular weight is 558 g/mol. The van der Waals surface area contributed by atoms with Crippen LogP contribution in [0.15, 0.2) is 72.8 Å². The summed E-state index contributed by atoms with van der Waals surface area (Å²) in [5, 5.41) is 2.57. The lowest BCUT2D eigenvalue weighted by atomic mass is 10.0.